The normalized spacial score (nSPS) is 44.1. The van der Waals surface area contributed by atoms with Crippen molar-refractivity contribution in [3.8, 4) is 0 Å². The molecule has 1 aliphatic heterocycles. The van der Waals surface area contributed by atoms with E-state index in [1.807, 2.05) is 0 Å². The lowest BCUT2D eigenvalue weighted by molar-refractivity contribution is -0.0787. The van der Waals surface area contributed by atoms with Crippen LogP contribution in [0.2, 0.25) is 0 Å². The average Bonchev–Trinajstić information content (AvgIpc) is 2.65. The van der Waals surface area contributed by atoms with Crippen LogP contribution < -0.4 is 5.32 Å². The maximum absolute atomic E-state index is 6.34. The maximum atomic E-state index is 6.34. The van der Waals surface area contributed by atoms with Gasteiger partial charge in [0.1, 0.15) is 0 Å². The van der Waals surface area contributed by atoms with Crippen molar-refractivity contribution in [2.45, 2.75) is 77.5 Å². The van der Waals surface area contributed by atoms with Crippen molar-refractivity contribution in [1.29, 1.82) is 0 Å². The van der Waals surface area contributed by atoms with Gasteiger partial charge in [-0.2, -0.15) is 0 Å². The van der Waals surface area contributed by atoms with Crippen molar-refractivity contribution in [3.05, 3.63) is 0 Å². The molecule has 3 fully saturated rings. The fourth-order valence-corrected chi connectivity index (χ4v) is 5.36. The van der Waals surface area contributed by atoms with Gasteiger partial charge in [0.15, 0.2) is 0 Å². The standard InChI is InChI=1S/C17H31NO/c1-6-18-15(14-11-8-7-9-12(11)14)13-10-16(2,3)19-17(13,4)5/h11-15,18H,6-10H2,1-5H3. The molecule has 0 aromatic carbocycles. The van der Waals surface area contributed by atoms with Crippen molar-refractivity contribution >= 4 is 0 Å². The third-order valence-corrected chi connectivity index (χ3v) is 5.90. The summed E-state index contributed by atoms with van der Waals surface area (Å²) in [5, 5.41) is 3.83. The van der Waals surface area contributed by atoms with E-state index in [1.165, 1.54) is 25.7 Å². The predicted octanol–water partition coefficient (Wildman–Crippen LogP) is 3.60. The van der Waals surface area contributed by atoms with Crippen LogP contribution in [0.4, 0.5) is 0 Å². The van der Waals surface area contributed by atoms with E-state index in [0.29, 0.717) is 12.0 Å². The minimum absolute atomic E-state index is 0.0211. The van der Waals surface area contributed by atoms with Crippen LogP contribution in [0.25, 0.3) is 0 Å². The van der Waals surface area contributed by atoms with Gasteiger partial charge >= 0.3 is 0 Å². The zero-order valence-corrected chi connectivity index (χ0v) is 13.3. The Morgan fingerprint density at radius 3 is 2.26 bits per heavy atom. The highest BCUT2D eigenvalue weighted by Gasteiger charge is 2.60. The minimum atomic E-state index is 0.0211. The molecule has 4 atom stereocenters. The zero-order valence-electron chi connectivity index (χ0n) is 13.3. The number of hydrogen-bond donors (Lipinski definition) is 1. The van der Waals surface area contributed by atoms with Crippen molar-refractivity contribution < 1.29 is 4.74 Å². The molecule has 1 saturated heterocycles. The molecule has 0 amide bonds. The maximum Gasteiger partial charge on any atom is 0.0677 e. The molecular weight excluding hydrogens is 234 g/mol. The van der Waals surface area contributed by atoms with Crippen molar-refractivity contribution in [3.63, 3.8) is 0 Å². The Labute approximate surface area is 118 Å². The van der Waals surface area contributed by atoms with Crippen LogP contribution in [0.5, 0.6) is 0 Å². The first-order valence-corrected chi connectivity index (χ1v) is 8.29. The van der Waals surface area contributed by atoms with E-state index in [-0.39, 0.29) is 11.2 Å². The number of fused-ring (bicyclic) bond motifs is 1. The van der Waals surface area contributed by atoms with Gasteiger partial charge in [0.2, 0.25) is 0 Å². The van der Waals surface area contributed by atoms with Crippen LogP contribution in [-0.2, 0) is 4.74 Å². The van der Waals surface area contributed by atoms with E-state index >= 15 is 0 Å². The van der Waals surface area contributed by atoms with E-state index in [4.69, 9.17) is 4.74 Å². The molecule has 0 spiro atoms. The molecule has 0 radical (unpaired) electrons. The highest BCUT2D eigenvalue weighted by molar-refractivity contribution is 5.11. The fourth-order valence-electron chi connectivity index (χ4n) is 5.36. The summed E-state index contributed by atoms with van der Waals surface area (Å²) in [6, 6.07) is 0.678. The van der Waals surface area contributed by atoms with E-state index in [1.54, 1.807) is 0 Å². The average molecular weight is 265 g/mol. The first kappa shape index (κ1) is 13.9. The van der Waals surface area contributed by atoms with Crippen LogP contribution in [0, 0.1) is 23.7 Å². The SMILES string of the molecule is CCNC(C1C2CCCC21)C1CC(C)(C)OC1(C)C. The molecule has 2 nitrogen and oxygen atoms in total. The third-order valence-electron chi connectivity index (χ3n) is 5.90. The predicted molar refractivity (Wildman–Crippen MR) is 79.1 cm³/mol. The van der Waals surface area contributed by atoms with Gasteiger partial charge in [0.05, 0.1) is 11.2 Å². The van der Waals surface area contributed by atoms with Gasteiger partial charge in [-0.15, -0.1) is 0 Å². The molecule has 110 valence electrons. The number of nitrogens with one attached hydrogen (secondary N) is 1. The van der Waals surface area contributed by atoms with Crippen molar-refractivity contribution in [1.82, 2.24) is 5.32 Å². The molecular formula is C17H31NO. The van der Waals surface area contributed by atoms with E-state index in [0.717, 1.165) is 24.3 Å². The van der Waals surface area contributed by atoms with Gasteiger partial charge in [-0.25, -0.2) is 0 Å². The summed E-state index contributed by atoms with van der Waals surface area (Å²) in [5.74, 6) is 3.67. The summed E-state index contributed by atoms with van der Waals surface area (Å²) in [5.41, 5.74) is 0.0685. The second-order valence-electron chi connectivity index (χ2n) is 8.20. The first-order valence-electron chi connectivity index (χ1n) is 8.29. The molecule has 2 heteroatoms. The monoisotopic (exact) mass is 265 g/mol. The highest BCUT2D eigenvalue weighted by Crippen LogP contribution is 2.61. The molecule has 0 aromatic heterocycles. The molecule has 1 heterocycles. The summed E-state index contributed by atoms with van der Waals surface area (Å²) < 4.78 is 6.34. The van der Waals surface area contributed by atoms with E-state index < -0.39 is 0 Å². The summed E-state index contributed by atoms with van der Waals surface area (Å²) in [6.07, 6.45) is 5.64. The number of hydrogen-bond acceptors (Lipinski definition) is 2. The van der Waals surface area contributed by atoms with Gasteiger partial charge in [-0.1, -0.05) is 13.3 Å². The van der Waals surface area contributed by atoms with E-state index in [2.05, 4.69) is 39.9 Å². The summed E-state index contributed by atoms with van der Waals surface area (Å²) in [7, 11) is 0. The Hall–Kier alpha value is -0.0800. The van der Waals surface area contributed by atoms with Gasteiger partial charge < -0.3 is 10.1 Å². The quantitative estimate of drug-likeness (QED) is 0.838. The van der Waals surface area contributed by atoms with Crippen molar-refractivity contribution in [2.75, 3.05) is 6.54 Å². The topological polar surface area (TPSA) is 21.3 Å². The van der Waals surface area contributed by atoms with Crippen molar-refractivity contribution in [2.24, 2.45) is 23.7 Å². The smallest absolute Gasteiger partial charge is 0.0677 e. The summed E-state index contributed by atoms with van der Waals surface area (Å²) in [4.78, 5) is 0. The molecule has 2 saturated carbocycles. The molecule has 19 heavy (non-hydrogen) atoms. The lowest BCUT2D eigenvalue weighted by atomic mass is 9.78. The van der Waals surface area contributed by atoms with Gasteiger partial charge in [0, 0.05) is 12.0 Å². The minimum Gasteiger partial charge on any atom is -0.369 e. The summed E-state index contributed by atoms with van der Waals surface area (Å²) in [6.45, 7) is 12.5. The molecule has 0 bridgehead atoms. The van der Waals surface area contributed by atoms with Crippen LogP contribution >= 0.6 is 0 Å². The van der Waals surface area contributed by atoms with Gasteiger partial charge in [-0.05, 0) is 71.3 Å². The first-order chi connectivity index (χ1) is 8.86. The molecule has 1 N–H and O–H groups in total. The second kappa shape index (κ2) is 4.46. The summed E-state index contributed by atoms with van der Waals surface area (Å²) >= 11 is 0. The lowest BCUT2D eigenvalue weighted by Gasteiger charge is -2.34. The van der Waals surface area contributed by atoms with Gasteiger partial charge in [-0.3, -0.25) is 0 Å². The molecule has 3 rings (SSSR count). The fraction of sp³-hybridized carbons (Fsp3) is 1.00. The molecule has 2 aliphatic carbocycles. The second-order valence-corrected chi connectivity index (χ2v) is 8.20. The Balaban J connectivity index is 1.77. The Morgan fingerprint density at radius 2 is 1.79 bits per heavy atom. The number of rotatable bonds is 4. The Morgan fingerprint density at radius 1 is 1.16 bits per heavy atom. The van der Waals surface area contributed by atoms with E-state index in [9.17, 15) is 0 Å². The third kappa shape index (κ3) is 2.35. The number of ether oxygens (including phenoxy) is 1. The van der Waals surface area contributed by atoms with Crippen LogP contribution in [0.1, 0.15) is 60.3 Å². The van der Waals surface area contributed by atoms with Crippen LogP contribution in [-0.4, -0.2) is 23.8 Å². The van der Waals surface area contributed by atoms with Crippen LogP contribution in [0.15, 0.2) is 0 Å². The van der Waals surface area contributed by atoms with Gasteiger partial charge in [0.25, 0.3) is 0 Å². The largest absolute Gasteiger partial charge is 0.369 e. The molecule has 4 unspecified atom stereocenters. The Bertz CT molecular complexity index is 339. The zero-order chi connectivity index (χ0) is 13.8. The molecule has 3 aliphatic rings. The highest BCUT2D eigenvalue weighted by atomic mass is 16.5. The molecule has 0 aromatic rings. The van der Waals surface area contributed by atoms with Crippen LogP contribution in [0.3, 0.4) is 0 Å². The lowest BCUT2D eigenvalue weighted by Crippen LogP contribution is -2.46. The Kier molecular flexibility index (Phi) is 3.26.